The van der Waals surface area contributed by atoms with E-state index >= 15 is 0 Å². The molecule has 1 aromatic heterocycles. The number of fused-ring (bicyclic) bond motifs is 1. The van der Waals surface area contributed by atoms with Gasteiger partial charge in [-0.05, 0) is 48.4 Å². The predicted molar refractivity (Wildman–Crippen MR) is 132 cm³/mol. The molecule has 0 bridgehead atoms. The molecule has 0 radical (unpaired) electrons. The lowest BCUT2D eigenvalue weighted by Gasteiger charge is -2.20. The van der Waals surface area contributed by atoms with Crippen molar-refractivity contribution >= 4 is 38.6 Å². The zero-order chi connectivity index (χ0) is 23.5. The number of rotatable bonds is 7. The second-order valence-corrected chi connectivity index (χ2v) is 10.3. The molecule has 1 amide bonds. The van der Waals surface area contributed by atoms with Gasteiger partial charge in [-0.1, -0.05) is 36.4 Å². The van der Waals surface area contributed by atoms with E-state index in [0.29, 0.717) is 30.1 Å². The van der Waals surface area contributed by atoms with Crippen LogP contribution in [0.2, 0.25) is 0 Å². The minimum atomic E-state index is -3.80. The number of aromatic nitrogens is 1. The highest BCUT2D eigenvalue weighted by Gasteiger charge is 2.31. The van der Waals surface area contributed by atoms with Crippen molar-refractivity contribution in [2.75, 3.05) is 16.2 Å². The highest BCUT2D eigenvalue weighted by atomic mass is 32.2. The van der Waals surface area contributed by atoms with Crippen LogP contribution in [0.1, 0.15) is 21.6 Å². The molecule has 0 spiro atoms. The van der Waals surface area contributed by atoms with E-state index in [1.165, 1.54) is 27.8 Å². The molecule has 4 aromatic rings. The Morgan fingerprint density at radius 3 is 2.74 bits per heavy atom. The van der Waals surface area contributed by atoms with Crippen LogP contribution in [0.15, 0.2) is 88.6 Å². The first-order valence-electron chi connectivity index (χ1n) is 10.6. The lowest BCUT2D eigenvalue weighted by Crippen LogP contribution is -2.29. The number of carbonyl (C=O) groups excluding carboxylic acids is 1. The summed E-state index contributed by atoms with van der Waals surface area (Å²) >= 11 is 1.48. The standard InChI is InChI=1S/C25H21N3O4S2/c29-25(27-22-9-2-4-11-24(22)32-15-20-16-33-17-26-20)19-7-5-8-21(14-19)34(30,31)28-13-12-18-6-1-3-10-23(18)28/h1-11,14,16-17H,12-13,15H2,(H,27,29). The van der Waals surface area contributed by atoms with Gasteiger partial charge < -0.3 is 10.1 Å². The Balaban J connectivity index is 1.36. The molecule has 0 fully saturated rings. The topological polar surface area (TPSA) is 88.6 Å². The molecular formula is C25H21N3O4S2. The molecule has 34 heavy (non-hydrogen) atoms. The van der Waals surface area contributed by atoms with Crippen molar-refractivity contribution in [3.05, 3.63) is 101 Å². The number of benzene rings is 3. The summed E-state index contributed by atoms with van der Waals surface area (Å²) in [5.74, 6) is 0.0740. The summed E-state index contributed by atoms with van der Waals surface area (Å²) < 4.78 is 33.9. The van der Waals surface area contributed by atoms with Gasteiger partial charge in [0.25, 0.3) is 15.9 Å². The van der Waals surface area contributed by atoms with Crippen LogP contribution in [0.3, 0.4) is 0 Å². The molecule has 0 saturated carbocycles. The fourth-order valence-corrected chi connectivity index (χ4v) is 5.93. The quantitative estimate of drug-likeness (QED) is 0.404. The summed E-state index contributed by atoms with van der Waals surface area (Å²) in [5, 5.41) is 4.73. The van der Waals surface area contributed by atoms with Gasteiger partial charge in [0.2, 0.25) is 0 Å². The third-order valence-electron chi connectivity index (χ3n) is 5.52. The Morgan fingerprint density at radius 2 is 1.88 bits per heavy atom. The van der Waals surface area contributed by atoms with E-state index in [1.807, 2.05) is 29.6 Å². The van der Waals surface area contributed by atoms with E-state index < -0.39 is 15.9 Å². The average molecular weight is 492 g/mol. The van der Waals surface area contributed by atoms with E-state index in [1.54, 1.807) is 41.9 Å². The van der Waals surface area contributed by atoms with Gasteiger partial charge in [0.1, 0.15) is 12.4 Å². The number of ether oxygens (including phenoxy) is 1. The lowest BCUT2D eigenvalue weighted by atomic mass is 10.2. The third-order valence-corrected chi connectivity index (χ3v) is 7.97. The SMILES string of the molecule is O=C(Nc1ccccc1OCc1cscn1)c1cccc(S(=O)(=O)N2CCc3ccccc32)c1. The van der Waals surface area contributed by atoms with Gasteiger partial charge in [0.15, 0.2) is 0 Å². The van der Waals surface area contributed by atoms with E-state index in [0.717, 1.165) is 11.3 Å². The number of nitrogens with zero attached hydrogens (tertiary/aromatic N) is 2. The Bertz CT molecular complexity index is 1440. The zero-order valence-corrected chi connectivity index (χ0v) is 19.7. The summed E-state index contributed by atoms with van der Waals surface area (Å²) in [6, 6.07) is 20.6. The highest BCUT2D eigenvalue weighted by Crippen LogP contribution is 2.33. The third kappa shape index (κ3) is 4.40. The average Bonchev–Trinajstić information content (AvgIpc) is 3.54. The molecule has 2 heterocycles. The van der Waals surface area contributed by atoms with Gasteiger partial charge in [-0.3, -0.25) is 9.10 Å². The number of thiazole rings is 1. The molecule has 0 saturated heterocycles. The molecule has 3 aromatic carbocycles. The highest BCUT2D eigenvalue weighted by molar-refractivity contribution is 7.92. The number of hydrogen-bond acceptors (Lipinski definition) is 6. The second-order valence-electron chi connectivity index (χ2n) is 7.70. The number of sulfonamides is 1. The van der Waals surface area contributed by atoms with E-state index in [4.69, 9.17) is 4.74 Å². The summed E-state index contributed by atoms with van der Waals surface area (Å²) in [6.07, 6.45) is 0.660. The van der Waals surface area contributed by atoms with Gasteiger partial charge in [0.05, 0.1) is 27.5 Å². The van der Waals surface area contributed by atoms with Crippen LogP contribution in [0, 0.1) is 0 Å². The first-order valence-corrected chi connectivity index (χ1v) is 13.0. The first-order chi connectivity index (χ1) is 16.5. The number of hydrogen-bond donors (Lipinski definition) is 1. The molecule has 1 aliphatic rings. The summed E-state index contributed by atoms with van der Waals surface area (Å²) in [7, 11) is -3.80. The number of amides is 1. The monoisotopic (exact) mass is 491 g/mol. The molecule has 5 rings (SSSR count). The summed E-state index contributed by atoms with van der Waals surface area (Å²) in [5.41, 5.74) is 4.94. The molecule has 1 aliphatic heterocycles. The normalized spacial score (nSPS) is 12.9. The molecule has 0 unspecified atom stereocenters. The van der Waals surface area contributed by atoms with Gasteiger partial charge in [-0.2, -0.15) is 0 Å². The van der Waals surface area contributed by atoms with E-state index in [2.05, 4.69) is 10.3 Å². The van der Waals surface area contributed by atoms with E-state index in [-0.39, 0.29) is 17.1 Å². The van der Waals surface area contributed by atoms with Crippen molar-refractivity contribution in [3.8, 4) is 5.75 Å². The van der Waals surface area contributed by atoms with Crippen LogP contribution in [0.25, 0.3) is 0 Å². The molecule has 0 aliphatic carbocycles. The Hall–Kier alpha value is -3.69. The lowest BCUT2D eigenvalue weighted by molar-refractivity contribution is 0.102. The molecule has 9 heteroatoms. The van der Waals surface area contributed by atoms with Crippen molar-refractivity contribution < 1.29 is 17.9 Å². The zero-order valence-electron chi connectivity index (χ0n) is 18.0. The second kappa shape index (κ2) is 9.28. The maximum absolute atomic E-state index is 13.4. The van der Waals surface area contributed by atoms with Crippen molar-refractivity contribution in [1.82, 2.24) is 4.98 Å². The predicted octanol–water partition coefficient (Wildman–Crippen LogP) is 4.73. The Labute approximate surface area is 201 Å². The maximum Gasteiger partial charge on any atom is 0.264 e. The van der Waals surface area contributed by atoms with Crippen LogP contribution < -0.4 is 14.4 Å². The van der Waals surface area contributed by atoms with Crippen molar-refractivity contribution in [1.29, 1.82) is 0 Å². The fourth-order valence-electron chi connectivity index (χ4n) is 3.83. The smallest absolute Gasteiger partial charge is 0.264 e. The number of nitrogens with one attached hydrogen (secondary N) is 1. The van der Waals surface area contributed by atoms with Crippen LogP contribution in [-0.4, -0.2) is 25.9 Å². The van der Waals surface area contributed by atoms with Gasteiger partial charge in [-0.25, -0.2) is 13.4 Å². The molecule has 1 N–H and O–H groups in total. The molecular weight excluding hydrogens is 470 g/mol. The van der Waals surface area contributed by atoms with Gasteiger partial charge in [0, 0.05) is 17.5 Å². The number of para-hydroxylation sites is 3. The van der Waals surface area contributed by atoms with Crippen molar-refractivity contribution in [2.45, 2.75) is 17.9 Å². The molecule has 7 nitrogen and oxygen atoms in total. The molecule has 172 valence electrons. The van der Waals surface area contributed by atoms with Crippen molar-refractivity contribution in [2.24, 2.45) is 0 Å². The maximum atomic E-state index is 13.4. The van der Waals surface area contributed by atoms with Crippen molar-refractivity contribution in [3.63, 3.8) is 0 Å². The minimum absolute atomic E-state index is 0.0740. The number of carbonyl (C=O) groups is 1. The van der Waals surface area contributed by atoms with Crippen LogP contribution in [-0.2, 0) is 23.1 Å². The van der Waals surface area contributed by atoms with Gasteiger partial charge in [-0.15, -0.1) is 11.3 Å². The first kappa shape index (κ1) is 22.1. The largest absolute Gasteiger partial charge is 0.485 e. The van der Waals surface area contributed by atoms with E-state index in [9.17, 15) is 13.2 Å². The fraction of sp³-hybridized carbons (Fsp3) is 0.120. The Kier molecular flexibility index (Phi) is 6.04. The molecule has 0 atom stereocenters. The summed E-state index contributed by atoms with van der Waals surface area (Å²) in [6.45, 7) is 0.656. The van der Waals surface area contributed by atoms with Gasteiger partial charge >= 0.3 is 0 Å². The van der Waals surface area contributed by atoms with Crippen LogP contribution >= 0.6 is 11.3 Å². The number of anilines is 2. The van der Waals surface area contributed by atoms with Crippen LogP contribution in [0.5, 0.6) is 5.75 Å². The summed E-state index contributed by atoms with van der Waals surface area (Å²) in [4.78, 5) is 17.3. The van der Waals surface area contributed by atoms with Crippen LogP contribution in [0.4, 0.5) is 11.4 Å². The minimum Gasteiger partial charge on any atom is -0.485 e. The Morgan fingerprint density at radius 1 is 1.06 bits per heavy atom.